The maximum Gasteiger partial charge on any atom is 0.294 e. The highest BCUT2D eigenvalue weighted by Crippen LogP contribution is 2.00. The lowest BCUT2D eigenvalue weighted by Gasteiger charge is -2.27. The molecule has 2 heterocycles. The first-order valence-corrected chi connectivity index (χ1v) is 5.96. The van der Waals surface area contributed by atoms with E-state index in [1.54, 1.807) is 17.0 Å². The molecule has 1 aliphatic rings. The van der Waals surface area contributed by atoms with E-state index in [1.165, 1.54) is 0 Å². The number of morpholine rings is 1. The van der Waals surface area contributed by atoms with Gasteiger partial charge in [0.05, 0.1) is 13.2 Å². The molecule has 94 valence electrons. The molecule has 0 aliphatic carbocycles. The third-order valence-corrected chi connectivity index (χ3v) is 2.65. The lowest BCUT2D eigenvalue weighted by atomic mass is 10.4. The van der Waals surface area contributed by atoms with E-state index in [4.69, 9.17) is 4.74 Å². The summed E-state index contributed by atoms with van der Waals surface area (Å²) in [6, 6.07) is 0. The second kappa shape index (κ2) is 5.79. The number of rotatable bonds is 4. The lowest BCUT2D eigenvalue weighted by molar-refractivity contribution is 0.0494. The highest BCUT2D eigenvalue weighted by Gasteiger charge is 2.12. The van der Waals surface area contributed by atoms with Crippen molar-refractivity contribution in [2.75, 3.05) is 31.7 Å². The highest BCUT2D eigenvalue weighted by molar-refractivity contribution is 5.29. The summed E-state index contributed by atoms with van der Waals surface area (Å²) in [7, 11) is 0. The molecule has 0 amide bonds. The third kappa shape index (κ3) is 3.04. The van der Waals surface area contributed by atoms with E-state index in [0.717, 1.165) is 26.1 Å². The van der Waals surface area contributed by atoms with Gasteiger partial charge in [-0.3, -0.25) is 10.2 Å². The number of hydrazine groups is 1. The number of anilines is 1. The Kier molecular flexibility index (Phi) is 4.11. The van der Waals surface area contributed by atoms with E-state index < -0.39 is 0 Å². The van der Waals surface area contributed by atoms with Crippen LogP contribution in [0.5, 0.6) is 0 Å². The van der Waals surface area contributed by atoms with Gasteiger partial charge in [-0.2, -0.15) is 0 Å². The zero-order chi connectivity index (χ0) is 12.1. The summed E-state index contributed by atoms with van der Waals surface area (Å²) in [6.07, 6.45) is 4.30. The van der Waals surface area contributed by atoms with Crippen LogP contribution in [0.25, 0.3) is 0 Å². The topological polar surface area (TPSA) is 59.4 Å². The van der Waals surface area contributed by atoms with Gasteiger partial charge in [0.15, 0.2) is 0 Å². The fraction of sp³-hybridized carbons (Fsp3) is 0.636. The summed E-state index contributed by atoms with van der Waals surface area (Å²) < 4.78 is 6.92. The van der Waals surface area contributed by atoms with Crippen LogP contribution in [0.15, 0.2) is 17.2 Å². The molecule has 1 N–H and O–H groups in total. The average Bonchev–Trinajstić information content (AvgIpc) is 2.36. The van der Waals surface area contributed by atoms with Gasteiger partial charge in [-0.05, 0) is 6.42 Å². The second-order valence-electron chi connectivity index (χ2n) is 3.99. The maximum atomic E-state index is 12.0. The molecular weight excluding hydrogens is 220 g/mol. The number of nitrogens with one attached hydrogen (secondary N) is 1. The van der Waals surface area contributed by atoms with E-state index in [2.05, 4.69) is 10.4 Å². The fourth-order valence-electron chi connectivity index (χ4n) is 1.77. The van der Waals surface area contributed by atoms with Gasteiger partial charge in [-0.15, -0.1) is 0 Å². The van der Waals surface area contributed by atoms with E-state index in [-0.39, 0.29) is 5.56 Å². The maximum absolute atomic E-state index is 12.0. The zero-order valence-electron chi connectivity index (χ0n) is 10.1. The Morgan fingerprint density at radius 3 is 2.94 bits per heavy atom. The molecule has 6 heteroatoms. The number of aromatic nitrogens is 2. The first kappa shape index (κ1) is 12.1. The van der Waals surface area contributed by atoms with Crippen LogP contribution in [0.3, 0.4) is 0 Å². The summed E-state index contributed by atoms with van der Waals surface area (Å²) >= 11 is 0. The van der Waals surface area contributed by atoms with Gasteiger partial charge >= 0.3 is 0 Å². The lowest BCUT2D eigenvalue weighted by Crippen LogP contribution is -2.42. The predicted octanol–water partition coefficient (Wildman–Crippen LogP) is 0.312. The Hall–Kier alpha value is -1.40. The van der Waals surface area contributed by atoms with Crippen LogP contribution >= 0.6 is 0 Å². The highest BCUT2D eigenvalue weighted by atomic mass is 16.5. The van der Waals surface area contributed by atoms with Crippen LogP contribution in [0.4, 0.5) is 5.82 Å². The molecule has 1 aliphatic heterocycles. The van der Waals surface area contributed by atoms with Crippen molar-refractivity contribution in [2.45, 2.75) is 19.9 Å². The molecule has 0 saturated carbocycles. The first-order valence-electron chi connectivity index (χ1n) is 5.96. The van der Waals surface area contributed by atoms with Gasteiger partial charge < -0.3 is 9.30 Å². The monoisotopic (exact) mass is 238 g/mol. The average molecular weight is 238 g/mol. The van der Waals surface area contributed by atoms with E-state index >= 15 is 0 Å². The Balaban J connectivity index is 2.09. The molecule has 1 fully saturated rings. The number of nitrogens with zero attached hydrogens (tertiary/aromatic N) is 3. The van der Waals surface area contributed by atoms with Gasteiger partial charge in [0.1, 0.15) is 0 Å². The molecule has 0 unspecified atom stereocenters. The standard InChI is InChI=1S/C11H18N4O2/c1-2-4-14-5-3-12-10(11(14)16)13-15-6-8-17-9-7-15/h3,5H,2,4,6-9H2,1H3,(H,12,13). The van der Waals surface area contributed by atoms with Crippen molar-refractivity contribution < 1.29 is 4.74 Å². The number of aryl methyl sites for hydroxylation is 1. The molecule has 0 aromatic carbocycles. The molecule has 0 spiro atoms. The zero-order valence-corrected chi connectivity index (χ0v) is 10.1. The molecule has 17 heavy (non-hydrogen) atoms. The first-order chi connectivity index (χ1) is 8.31. The molecular formula is C11H18N4O2. The normalized spacial score (nSPS) is 17.0. The Bertz CT molecular complexity index is 412. The van der Waals surface area contributed by atoms with E-state index in [1.807, 2.05) is 11.9 Å². The minimum atomic E-state index is -0.0687. The van der Waals surface area contributed by atoms with Crippen LogP contribution in [0.2, 0.25) is 0 Å². The number of hydrogen-bond donors (Lipinski definition) is 1. The quantitative estimate of drug-likeness (QED) is 0.818. The van der Waals surface area contributed by atoms with Gasteiger partial charge in [-0.25, -0.2) is 9.99 Å². The van der Waals surface area contributed by atoms with Crippen LogP contribution in [-0.2, 0) is 11.3 Å². The summed E-state index contributed by atoms with van der Waals surface area (Å²) in [6.45, 7) is 5.67. The second-order valence-corrected chi connectivity index (χ2v) is 3.99. The summed E-state index contributed by atoms with van der Waals surface area (Å²) in [5.74, 6) is 0.392. The van der Waals surface area contributed by atoms with Crippen molar-refractivity contribution in [3.63, 3.8) is 0 Å². The minimum Gasteiger partial charge on any atom is -0.379 e. The Labute approximate surface area is 100 Å². The van der Waals surface area contributed by atoms with Gasteiger partial charge in [-0.1, -0.05) is 6.92 Å². The molecule has 0 bridgehead atoms. The van der Waals surface area contributed by atoms with Crippen molar-refractivity contribution >= 4 is 5.82 Å². The van der Waals surface area contributed by atoms with E-state index in [0.29, 0.717) is 19.0 Å². The smallest absolute Gasteiger partial charge is 0.294 e. The molecule has 1 aromatic rings. The Morgan fingerprint density at radius 2 is 2.24 bits per heavy atom. The van der Waals surface area contributed by atoms with Crippen LogP contribution in [-0.4, -0.2) is 40.9 Å². The van der Waals surface area contributed by atoms with E-state index in [9.17, 15) is 4.79 Å². The van der Waals surface area contributed by atoms with Crippen molar-refractivity contribution in [3.05, 3.63) is 22.7 Å². The Morgan fingerprint density at radius 1 is 1.47 bits per heavy atom. The van der Waals surface area contributed by atoms with Gasteiger partial charge in [0, 0.05) is 32.0 Å². The van der Waals surface area contributed by atoms with Crippen LogP contribution in [0, 0.1) is 0 Å². The largest absolute Gasteiger partial charge is 0.379 e. The molecule has 0 radical (unpaired) electrons. The van der Waals surface area contributed by atoms with Crippen molar-refractivity contribution in [1.29, 1.82) is 0 Å². The SMILES string of the molecule is CCCn1ccnc(NN2CCOCC2)c1=O. The molecule has 6 nitrogen and oxygen atoms in total. The van der Waals surface area contributed by atoms with Crippen molar-refractivity contribution in [1.82, 2.24) is 14.6 Å². The molecule has 0 atom stereocenters. The summed E-state index contributed by atoms with van der Waals surface area (Å²) in [5, 5.41) is 1.96. The molecule has 1 saturated heterocycles. The van der Waals surface area contributed by atoms with Gasteiger partial charge in [0.25, 0.3) is 5.56 Å². The fourth-order valence-corrected chi connectivity index (χ4v) is 1.77. The summed E-state index contributed by atoms with van der Waals surface area (Å²) in [4.78, 5) is 16.1. The van der Waals surface area contributed by atoms with Crippen molar-refractivity contribution in [3.8, 4) is 0 Å². The van der Waals surface area contributed by atoms with Crippen LogP contribution < -0.4 is 11.0 Å². The minimum absolute atomic E-state index is 0.0687. The molecule has 2 rings (SSSR count). The third-order valence-electron chi connectivity index (χ3n) is 2.65. The summed E-state index contributed by atoms with van der Waals surface area (Å²) in [5.41, 5.74) is 2.99. The van der Waals surface area contributed by atoms with Crippen LogP contribution in [0.1, 0.15) is 13.3 Å². The van der Waals surface area contributed by atoms with Gasteiger partial charge in [0.2, 0.25) is 5.82 Å². The number of ether oxygens (including phenoxy) is 1. The number of hydrogen-bond acceptors (Lipinski definition) is 5. The molecule has 1 aromatic heterocycles. The van der Waals surface area contributed by atoms with Crippen molar-refractivity contribution in [2.24, 2.45) is 0 Å². The predicted molar refractivity (Wildman–Crippen MR) is 64.8 cm³/mol.